The molecule has 0 aromatic carbocycles. The van der Waals surface area contributed by atoms with Gasteiger partial charge in [0.1, 0.15) is 5.65 Å². The van der Waals surface area contributed by atoms with Crippen molar-refractivity contribution in [3.05, 3.63) is 42.2 Å². The molecule has 0 atom stereocenters. The molecule has 5 nitrogen and oxygen atoms in total. The average molecular weight is 263 g/mol. The van der Waals surface area contributed by atoms with Crippen LogP contribution in [0.1, 0.15) is 5.56 Å². The molecule has 96 valence electrons. The van der Waals surface area contributed by atoms with Gasteiger partial charge in [-0.1, -0.05) is 0 Å². The molecule has 4 aromatic heterocycles. The summed E-state index contributed by atoms with van der Waals surface area (Å²) in [4.78, 5) is 8.88. The molecule has 0 saturated carbocycles. The molecule has 0 spiro atoms. The number of aromatic nitrogens is 4. The van der Waals surface area contributed by atoms with Crippen molar-refractivity contribution in [3.8, 4) is 11.6 Å². The first-order valence-corrected chi connectivity index (χ1v) is 6.54. The van der Waals surface area contributed by atoms with Crippen LogP contribution in [-0.4, -0.2) is 14.5 Å². The molecule has 0 saturated heterocycles. The molecule has 0 amide bonds. The summed E-state index contributed by atoms with van der Waals surface area (Å²) in [7, 11) is 1.98. The number of fused-ring (bicyclic) bond motifs is 7. The van der Waals surface area contributed by atoms with Crippen molar-refractivity contribution in [1.82, 2.24) is 14.5 Å². The van der Waals surface area contributed by atoms with Gasteiger partial charge in [0.05, 0.1) is 10.9 Å². The lowest BCUT2D eigenvalue weighted by molar-refractivity contribution is -0.648. The highest BCUT2D eigenvalue weighted by atomic mass is 16.4. The van der Waals surface area contributed by atoms with E-state index in [1.807, 2.05) is 29.9 Å². The maximum atomic E-state index is 6.08. The van der Waals surface area contributed by atoms with E-state index in [-0.39, 0.29) is 0 Å². The number of rotatable bonds is 0. The molecule has 5 heteroatoms. The molecule has 0 aliphatic carbocycles. The van der Waals surface area contributed by atoms with E-state index in [0.29, 0.717) is 0 Å². The fourth-order valence-electron chi connectivity index (χ4n) is 3.10. The summed E-state index contributed by atoms with van der Waals surface area (Å²) in [5.74, 6) is 0.840. The zero-order chi connectivity index (χ0) is 13.3. The maximum absolute atomic E-state index is 6.08. The molecule has 1 aliphatic heterocycles. The molecule has 5 heterocycles. The molecule has 0 unspecified atom stereocenters. The summed E-state index contributed by atoms with van der Waals surface area (Å²) in [5.41, 5.74) is 5.05. The molecule has 20 heavy (non-hydrogen) atoms. The minimum atomic E-state index is 0.805. The SMILES string of the molecule is Cn1c2ncccc2c2c1oc1[n+]2Cc2cccnc2-1. The lowest BCUT2D eigenvalue weighted by atomic mass is 10.2. The van der Waals surface area contributed by atoms with Crippen LogP contribution in [0.4, 0.5) is 0 Å². The summed E-state index contributed by atoms with van der Waals surface area (Å²) in [6, 6.07) is 8.11. The minimum absolute atomic E-state index is 0.805. The fourth-order valence-corrected chi connectivity index (χ4v) is 3.10. The molecular formula is C15H11N4O+. The third kappa shape index (κ3) is 1.02. The topological polar surface area (TPSA) is 47.7 Å². The monoisotopic (exact) mass is 263 g/mol. The van der Waals surface area contributed by atoms with Gasteiger partial charge in [0.25, 0.3) is 11.2 Å². The number of aryl methyl sites for hydroxylation is 1. The van der Waals surface area contributed by atoms with Gasteiger partial charge in [-0.05, 0) is 24.3 Å². The van der Waals surface area contributed by atoms with E-state index in [1.54, 1.807) is 6.20 Å². The Morgan fingerprint density at radius 2 is 2.05 bits per heavy atom. The number of pyridine rings is 2. The van der Waals surface area contributed by atoms with E-state index in [9.17, 15) is 0 Å². The van der Waals surface area contributed by atoms with Gasteiger partial charge in [-0.25, -0.2) is 9.97 Å². The predicted octanol–water partition coefficient (Wildman–Crippen LogP) is 2.03. The van der Waals surface area contributed by atoms with Crippen LogP contribution < -0.4 is 4.57 Å². The minimum Gasteiger partial charge on any atom is -0.379 e. The van der Waals surface area contributed by atoms with E-state index in [0.717, 1.165) is 40.4 Å². The highest BCUT2D eigenvalue weighted by molar-refractivity contribution is 6.00. The quantitative estimate of drug-likeness (QED) is 0.402. The van der Waals surface area contributed by atoms with Gasteiger partial charge < -0.3 is 4.42 Å². The fraction of sp³-hybridized carbons (Fsp3) is 0.133. The van der Waals surface area contributed by atoms with Crippen LogP contribution >= 0.6 is 0 Å². The summed E-state index contributed by atoms with van der Waals surface area (Å²) in [6.45, 7) is 0.805. The molecule has 0 N–H and O–H groups in total. The van der Waals surface area contributed by atoms with Crippen molar-refractivity contribution in [2.75, 3.05) is 0 Å². The molecule has 0 bridgehead atoms. The van der Waals surface area contributed by atoms with Crippen molar-refractivity contribution < 1.29 is 8.98 Å². The van der Waals surface area contributed by atoms with Crippen molar-refractivity contribution in [2.45, 2.75) is 6.54 Å². The van der Waals surface area contributed by atoms with Crippen LogP contribution in [0.25, 0.3) is 33.8 Å². The van der Waals surface area contributed by atoms with Crippen molar-refractivity contribution in [2.24, 2.45) is 7.05 Å². The summed E-state index contributed by atoms with van der Waals surface area (Å²) >= 11 is 0. The molecule has 5 rings (SSSR count). The Balaban J connectivity index is 1.97. The van der Waals surface area contributed by atoms with E-state index < -0.39 is 0 Å². The predicted molar refractivity (Wildman–Crippen MR) is 73.0 cm³/mol. The molecule has 0 fully saturated rings. The highest BCUT2D eigenvalue weighted by Gasteiger charge is 2.37. The zero-order valence-corrected chi connectivity index (χ0v) is 10.9. The maximum Gasteiger partial charge on any atom is 0.402 e. The first-order valence-electron chi connectivity index (χ1n) is 6.54. The van der Waals surface area contributed by atoms with Crippen molar-refractivity contribution in [1.29, 1.82) is 0 Å². The van der Waals surface area contributed by atoms with Gasteiger partial charge >= 0.3 is 5.89 Å². The Morgan fingerprint density at radius 1 is 1.20 bits per heavy atom. The second-order valence-corrected chi connectivity index (χ2v) is 5.09. The number of hydrogen-bond acceptors (Lipinski definition) is 3. The van der Waals surface area contributed by atoms with Gasteiger partial charge in [0, 0.05) is 19.4 Å². The Kier molecular flexibility index (Phi) is 1.65. The van der Waals surface area contributed by atoms with Gasteiger partial charge in [0.2, 0.25) is 0 Å². The molecular weight excluding hydrogens is 252 g/mol. The smallest absolute Gasteiger partial charge is 0.379 e. The lowest BCUT2D eigenvalue weighted by Crippen LogP contribution is -2.30. The van der Waals surface area contributed by atoms with Crippen molar-refractivity contribution in [3.63, 3.8) is 0 Å². The highest BCUT2D eigenvalue weighted by Crippen LogP contribution is 2.33. The van der Waals surface area contributed by atoms with E-state index in [4.69, 9.17) is 4.42 Å². The van der Waals surface area contributed by atoms with Crippen molar-refractivity contribution >= 4 is 22.3 Å². The number of nitrogens with zero attached hydrogens (tertiary/aromatic N) is 4. The van der Waals surface area contributed by atoms with E-state index >= 15 is 0 Å². The Labute approximate surface area is 114 Å². The molecule has 0 radical (unpaired) electrons. The lowest BCUT2D eigenvalue weighted by Gasteiger charge is -1.92. The van der Waals surface area contributed by atoms with Gasteiger partial charge in [-0.3, -0.25) is 4.57 Å². The third-order valence-corrected chi connectivity index (χ3v) is 4.00. The largest absolute Gasteiger partial charge is 0.402 e. The van der Waals surface area contributed by atoms with Crippen LogP contribution in [-0.2, 0) is 13.6 Å². The summed E-state index contributed by atoms with van der Waals surface area (Å²) < 4.78 is 10.3. The Hall–Kier alpha value is -2.69. The second kappa shape index (κ2) is 3.25. The van der Waals surface area contributed by atoms with Crippen LogP contribution in [0.15, 0.2) is 41.1 Å². The zero-order valence-electron chi connectivity index (χ0n) is 10.9. The third-order valence-electron chi connectivity index (χ3n) is 4.00. The Bertz CT molecular complexity index is 996. The van der Waals surface area contributed by atoms with Crippen LogP contribution in [0.3, 0.4) is 0 Å². The first-order chi connectivity index (χ1) is 9.84. The van der Waals surface area contributed by atoms with E-state index in [2.05, 4.69) is 26.7 Å². The summed E-state index contributed by atoms with van der Waals surface area (Å²) in [5, 5.41) is 1.12. The van der Waals surface area contributed by atoms with Crippen LogP contribution in [0.2, 0.25) is 0 Å². The van der Waals surface area contributed by atoms with Crippen LogP contribution in [0.5, 0.6) is 0 Å². The van der Waals surface area contributed by atoms with Gasteiger partial charge in [0.15, 0.2) is 12.2 Å². The Morgan fingerprint density at radius 3 is 3.00 bits per heavy atom. The molecule has 4 aromatic rings. The summed E-state index contributed by atoms with van der Waals surface area (Å²) in [6.07, 6.45) is 3.61. The normalized spacial score (nSPS) is 13.1. The molecule has 1 aliphatic rings. The number of oxazole rings is 1. The average Bonchev–Trinajstić information content (AvgIpc) is 3.09. The first kappa shape index (κ1) is 10.1. The van der Waals surface area contributed by atoms with Gasteiger partial charge in [-0.15, -0.1) is 4.57 Å². The standard InChI is InChI=1S/C15H11N4O/c1-18-13-10(5-3-7-17-13)12-15(18)20-14-11-9(8-19(12)14)4-2-6-16-11/h2-7H,8H2,1H3/q+1. The van der Waals surface area contributed by atoms with Gasteiger partial charge in [-0.2, -0.15) is 0 Å². The van der Waals surface area contributed by atoms with Crippen LogP contribution in [0, 0.1) is 0 Å². The second-order valence-electron chi connectivity index (χ2n) is 5.09. The van der Waals surface area contributed by atoms with E-state index in [1.165, 1.54) is 5.56 Å². The number of hydrogen-bond donors (Lipinski definition) is 0.